The first-order valence-electron chi connectivity index (χ1n) is 10.6. The van der Waals surface area contributed by atoms with Gasteiger partial charge in [0.15, 0.2) is 5.16 Å². The third-order valence-electron chi connectivity index (χ3n) is 5.58. The number of amides is 1. The molecular weight excluding hydrogens is 434 g/mol. The van der Waals surface area contributed by atoms with Crippen molar-refractivity contribution in [1.29, 1.82) is 0 Å². The minimum Gasteiger partial charge on any atom is -0.496 e. The highest BCUT2D eigenvalue weighted by molar-refractivity contribution is 7.99. The molecule has 2 heterocycles. The van der Waals surface area contributed by atoms with E-state index in [1.54, 1.807) is 19.5 Å². The molecule has 0 aliphatic heterocycles. The lowest BCUT2D eigenvalue weighted by atomic mass is 10.0. The van der Waals surface area contributed by atoms with Crippen LogP contribution in [-0.2, 0) is 11.8 Å². The molecule has 0 spiro atoms. The number of carbonyl (C=O) groups excluding carboxylic acids is 1. The van der Waals surface area contributed by atoms with E-state index in [9.17, 15) is 4.79 Å². The second-order valence-corrected chi connectivity index (χ2v) is 8.72. The topological polar surface area (TPSA) is 74.0 Å². The summed E-state index contributed by atoms with van der Waals surface area (Å²) in [5, 5.41) is 3.89. The lowest BCUT2D eigenvalue weighted by molar-refractivity contribution is -0.119. The predicted molar refractivity (Wildman–Crippen MR) is 130 cm³/mol. The lowest BCUT2D eigenvalue weighted by Gasteiger charge is -2.21. The first-order chi connectivity index (χ1) is 16.0. The van der Waals surface area contributed by atoms with Crippen LogP contribution in [0.4, 0.5) is 0 Å². The van der Waals surface area contributed by atoms with E-state index in [2.05, 4.69) is 47.3 Å². The number of ether oxygens (including phenoxy) is 1. The van der Waals surface area contributed by atoms with Crippen molar-refractivity contribution in [2.24, 2.45) is 7.05 Å². The number of benzene rings is 2. The molecule has 1 unspecified atom stereocenters. The Morgan fingerprint density at radius 3 is 2.61 bits per heavy atom. The quantitative estimate of drug-likeness (QED) is 0.398. The number of methoxy groups -OCH3 is 1. The highest BCUT2D eigenvalue weighted by Gasteiger charge is 2.24. The molecule has 4 rings (SSSR count). The van der Waals surface area contributed by atoms with Crippen LogP contribution in [0.2, 0.25) is 0 Å². The van der Waals surface area contributed by atoms with Crippen LogP contribution >= 0.6 is 11.8 Å². The first-order valence-corrected chi connectivity index (χ1v) is 11.6. The number of thioether (sulfide) groups is 1. The van der Waals surface area contributed by atoms with Gasteiger partial charge in [0.05, 0.1) is 12.9 Å². The number of nitrogens with zero attached hydrogens (tertiary/aromatic N) is 4. The van der Waals surface area contributed by atoms with Crippen molar-refractivity contribution < 1.29 is 9.53 Å². The van der Waals surface area contributed by atoms with Gasteiger partial charge in [-0.3, -0.25) is 9.36 Å². The minimum atomic E-state index is -0.436. The Balaban J connectivity index is 1.52. The van der Waals surface area contributed by atoms with Crippen LogP contribution in [0.5, 0.6) is 5.75 Å². The minimum absolute atomic E-state index is 0.117. The average molecular weight is 462 g/mol. The van der Waals surface area contributed by atoms with Crippen molar-refractivity contribution in [2.75, 3.05) is 12.9 Å². The molecule has 0 bridgehead atoms. The molecule has 170 valence electrons. The van der Waals surface area contributed by atoms with Crippen molar-refractivity contribution in [3.8, 4) is 11.4 Å². The van der Waals surface area contributed by atoms with Crippen LogP contribution < -0.4 is 10.1 Å². The van der Waals surface area contributed by atoms with Crippen LogP contribution in [0.15, 0.2) is 72.4 Å². The first kappa shape index (κ1) is 22.7. The Labute approximate surface area is 197 Å². The molecule has 0 fully saturated rings. The number of aryl methyl sites for hydroxylation is 3. The Morgan fingerprint density at radius 1 is 1.09 bits per heavy atom. The Morgan fingerprint density at radius 2 is 1.88 bits per heavy atom. The summed E-state index contributed by atoms with van der Waals surface area (Å²) < 4.78 is 9.44. The molecule has 2 aromatic carbocycles. The predicted octanol–water partition coefficient (Wildman–Crippen LogP) is 4.23. The van der Waals surface area contributed by atoms with Crippen molar-refractivity contribution in [3.05, 3.63) is 89.8 Å². The maximum atomic E-state index is 13.0. The van der Waals surface area contributed by atoms with Crippen LogP contribution in [-0.4, -0.2) is 37.9 Å². The largest absolute Gasteiger partial charge is 0.496 e. The fraction of sp³-hybridized carbons (Fsp3) is 0.240. The van der Waals surface area contributed by atoms with E-state index in [1.165, 1.54) is 22.9 Å². The summed E-state index contributed by atoms with van der Waals surface area (Å²) in [6, 6.07) is 13.5. The second kappa shape index (κ2) is 9.95. The summed E-state index contributed by atoms with van der Waals surface area (Å²) in [5.74, 6) is 1.53. The Hall–Kier alpha value is -3.52. The van der Waals surface area contributed by atoms with Gasteiger partial charge in [0.2, 0.25) is 5.91 Å². The molecule has 0 aliphatic carbocycles. The number of rotatable bonds is 8. The van der Waals surface area contributed by atoms with E-state index in [1.807, 2.05) is 52.8 Å². The zero-order valence-electron chi connectivity index (χ0n) is 19.1. The molecule has 0 saturated carbocycles. The summed E-state index contributed by atoms with van der Waals surface area (Å²) in [6.07, 6.45) is 7.24. The molecule has 7 nitrogen and oxygen atoms in total. The molecule has 33 heavy (non-hydrogen) atoms. The standard InChI is InChI=1S/C25H27N5O2S/c1-17-9-10-19(15-18(17)2)30-14-12-27-25(30)33-16-22(31)28-23(24-26-11-13-29(24)3)20-7-5-6-8-21(20)32-4/h5-15,23H,16H2,1-4H3,(H,28,31). The van der Waals surface area contributed by atoms with E-state index >= 15 is 0 Å². The Bertz CT molecular complexity index is 1260. The lowest BCUT2D eigenvalue weighted by Crippen LogP contribution is -2.32. The van der Waals surface area contributed by atoms with Gasteiger partial charge in [0.1, 0.15) is 17.6 Å². The van der Waals surface area contributed by atoms with Gasteiger partial charge in [-0.2, -0.15) is 0 Å². The smallest absolute Gasteiger partial charge is 0.231 e. The van der Waals surface area contributed by atoms with Crippen molar-refractivity contribution >= 4 is 17.7 Å². The van der Waals surface area contributed by atoms with Gasteiger partial charge in [-0.25, -0.2) is 9.97 Å². The van der Waals surface area contributed by atoms with Gasteiger partial charge in [0.25, 0.3) is 0 Å². The van der Waals surface area contributed by atoms with Gasteiger partial charge in [-0.1, -0.05) is 36.0 Å². The molecule has 0 aliphatic rings. The highest BCUT2D eigenvalue weighted by atomic mass is 32.2. The number of nitrogens with one attached hydrogen (secondary N) is 1. The molecule has 8 heteroatoms. The fourth-order valence-corrected chi connectivity index (χ4v) is 4.43. The van der Waals surface area contributed by atoms with Crippen molar-refractivity contribution in [3.63, 3.8) is 0 Å². The normalized spacial score (nSPS) is 11.9. The van der Waals surface area contributed by atoms with Crippen molar-refractivity contribution in [2.45, 2.75) is 25.0 Å². The van der Waals surface area contributed by atoms with Crippen molar-refractivity contribution in [1.82, 2.24) is 24.4 Å². The average Bonchev–Trinajstić information content (AvgIpc) is 3.47. The van der Waals surface area contributed by atoms with Crippen LogP contribution in [0.25, 0.3) is 5.69 Å². The van der Waals surface area contributed by atoms with Gasteiger partial charge >= 0.3 is 0 Å². The highest BCUT2D eigenvalue weighted by Crippen LogP contribution is 2.29. The molecule has 0 saturated heterocycles. The van der Waals surface area contributed by atoms with Crippen LogP contribution in [0, 0.1) is 13.8 Å². The third kappa shape index (κ3) is 4.96. The number of para-hydroxylation sites is 1. The van der Waals surface area contributed by atoms with E-state index in [0.717, 1.165) is 22.2 Å². The van der Waals surface area contributed by atoms with Gasteiger partial charge in [0, 0.05) is 43.1 Å². The maximum Gasteiger partial charge on any atom is 0.231 e. The summed E-state index contributed by atoms with van der Waals surface area (Å²) in [7, 11) is 3.53. The number of aromatic nitrogens is 4. The third-order valence-corrected chi connectivity index (χ3v) is 6.55. The van der Waals surface area contributed by atoms with Crippen LogP contribution in [0.3, 0.4) is 0 Å². The Kier molecular flexibility index (Phi) is 6.84. The van der Waals surface area contributed by atoms with Crippen LogP contribution in [0.1, 0.15) is 28.6 Å². The summed E-state index contributed by atoms with van der Waals surface area (Å²) >= 11 is 1.40. The molecule has 2 aromatic heterocycles. The summed E-state index contributed by atoms with van der Waals surface area (Å²) in [4.78, 5) is 22.0. The van der Waals surface area contributed by atoms with Gasteiger partial charge < -0.3 is 14.6 Å². The number of imidazole rings is 2. The summed E-state index contributed by atoms with van der Waals surface area (Å²) in [5.41, 5.74) is 4.33. The van der Waals surface area contributed by atoms with E-state index in [-0.39, 0.29) is 11.7 Å². The molecular formula is C25H27N5O2S. The number of carbonyl (C=O) groups is 1. The van der Waals surface area contributed by atoms with E-state index < -0.39 is 6.04 Å². The monoisotopic (exact) mass is 461 g/mol. The van der Waals surface area contributed by atoms with E-state index in [4.69, 9.17) is 4.74 Å². The second-order valence-electron chi connectivity index (χ2n) is 7.78. The fourth-order valence-electron chi connectivity index (χ4n) is 3.64. The molecule has 1 N–H and O–H groups in total. The molecule has 0 radical (unpaired) electrons. The van der Waals surface area contributed by atoms with Gasteiger partial charge in [-0.05, 0) is 43.2 Å². The number of hydrogen-bond acceptors (Lipinski definition) is 5. The van der Waals surface area contributed by atoms with Gasteiger partial charge in [-0.15, -0.1) is 0 Å². The zero-order chi connectivity index (χ0) is 23.4. The number of hydrogen-bond donors (Lipinski definition) is 1. The van der Waals surface area contributed by atoms with E-state index in [0.29, 0.717) is 5.75 Å². The molecule has 1 atom stereocenters. The molecule has 4 aromatic rings. The maximum absolute atomic E-state index is 13.0. The SMILES string of the molecule is COc1ccccc1C(NC(=O)CSc1nccn1-c1ccc(C)c(C)c1)c1nccn1C. The zero-order valence-corrected chi connectivity index (χ0v) is 20.0. The summed E-state index contributed by atoms with van der Waals surface area (Å²) in [6.45, 7) is 4.18. The molecule has 1 amide bonds.